The molecule has 0 N–H and O–H groups in total. The largest absolute Gasteiger partial charge is 0.441 e. The molecule has 1 aromatic rings. The van der Waals surface area contributed by atoms with Crippen LogP contribution in [0.5, 0.6) is 0 Å². The predicted molar refractivity (Wildman–Crippen MR) is 74.6 cm³/mol. The highest BCUT2D eigenvalue weighted by Gasteiger charge is 2.45. The van der Waals surface area contributed by atoms with Crippen LogP contribution in [0.4, 0.5) is 4.79 Å². The Kier molecular flexibility index (Phi) is 3.48. The van der Waals surface area contributed by atoms with Gasteiger partial charge in [-0.2, -0.15) is 0 Å². The van der Waals surface area contributed by atoms with Crippen LogP contribution in [0.2, 0.25) is 0 Å². The molecule has 3 rings (SSSR count). The SMILES string of the molecule is O=C1OC2(CCCCC2)CN1Cc1ccc(Br)cn1. The number of hydrogen-bond acceptors (Lipinski definition) is 3. The number of amides is 1. The number of hydrogen-bond donors (Lipinski definition) is 0. The third-order valence-corrected chi connectivity index (χ3v) is 4.42. The molecule has 1 saturated heterocycles. The number of ether oxygens (including phenoxy) is 1. The summed E-state index contributed by atoms with van der Waals surface area (Å²) in [7, 11) is 0. The van der Waals surface area contributed by atoms with Crippen LogP contribution in [-0.2, 0) is 11.3 Å². The lowest BCUT2D eigenvalue weighted by Crippen LogP contribution is -2.36. The van der Waals surface area contributed by atoms with E-state index in [9.17, 15) is 4.79 Å². The second kappa shape index (κ2) is 5.12. The summed E-state index contributed by atoms with van der Waals surface area (Å²) in [5, 5.41) is 0. The summed E-state index contributed by atoms with van der Waals surface area (Å²) in [6.45, 7) is 1.25. The zero-order valence-corrected chi connectivity index (χ0v) is 12.4. The number of pyridine rings is 1. The Morgan fingerprint density at radius 3 is 2.79 bits per heavy atom. The Morgan fingerprint density at radius 2 is 2.11 bits per heavy atom. The number of carbonyl (C=O) groups excluding carboxylic acids is 1. The van der Waals surface area contributed by atoms with Gasteiger partial charge in [0.2, 0.25) is 0 Å². The van der Waals surface area contributed by atoms with E-state index in [2.05, 4.69) is 20.9 Å². The Balaban J connectivity index is 1.68. The van der Waals surface area contributed by atoms with E-state index in [4.69, 9.17) is 4.74 Å². The first kappa shape index (κ1) is 12.9. The van der Waals surface area contributed by atoms with Gasteiger partial charge in [0, 0.05) is 10.7 Å². The minimum absolute atomic E-state index is 0.188. The molecule has 1 spiro atoms. The van der Waals surface area contributed by atoms with Gasteiger partial charge in [-0.15, -0.1) is 0 Å². The Hall–Kier alpha value is -1.10. The standard InChI is InChI=1S/C14H17BrN2O2/c15-11-4-5-12(16-8-11)9-17-10-14(19-13(17)18)6-2-1-3-7-14/h4-5,8H,1-3,6-7,9-10H2. The normalized spacial score (nSPS) is 21.7. The topological polar surface area (TPSA) is 42.4 Å². The Labute approximate surface area is 121 Å². The smallest absolute Gasteiger partial charge is 0.410 e. The van der Waals surface area contributed by atoms with E-state index in [-0.39, 0.29) is 11.7 Å². The first-order chi connectivity index (χ1) is 9.17. The van der Waals surface area contributed by atoms with Crippen molar-refractivity contribution in [3.05, 3.63) is 28.5 Å². The van der Waals surface area contributed by atoms with Crippen molar-refractivity contribution in [3.63, 3.8) is 0 Å². The molecule has 0 unspecified atom stereocenters. The molecule has 1 aliphatic carbocycles. The lowest BCUT2D eigenvalue weighted by atomic mass is 9.85. The molecule has 1 amide bonds. The van der Waals surface area contributed by atoms with Gasteiger partial charge >= 0.3 is 6.09 Å². The Morgan fingerprint density at radius 1 is 1.32 bits per heavy atom. The summed E-state index contributed by atoms with van der Waals surface area (Å²) in [5.74, 6) is 0. The minimum Gasteiger partial charge on any atom is -0.441 e. The third-order valence-electron chi connectivity index (χ3n) is 3.95. The minimum atomic E-state index is -0.218. The summed E-state index contributed by atoms with van der Waals surface area (Å²) in [5.41, 5.74) is 0.679. The van der Waals surface area contributed by atoms with E-state index in [0.717, 1.165) is 35.8 Å². The highest BCUT2D eigenvalue weighted by atomic mass is 79.9. The molecule has 0 atom stereocenters. The molecule has 19 heavy (non-hydrogen) atoms. The van der Waals surface area contributed by atoms with E-state index in [0.29, 0.717) is 13.1 Å². The molecule has 0 bridgehead atoms. The fraction of sp³-hybridized carbons (Fsp3) is 0.571. The highest BCUT2D eigenvalue weighted by Crippen LogP contribution is 2.37. The molecule has 102 valence electrons. The summed E-state index contributed by atoms with van der Waals surface area (Å²) in [6, 6.07) is 3.88. The molecule has 4 nitrogen and oxygen atoms in total. The monoisotopic (exact) mass is 324 g/mol. The molecule has 0 radical (unpaired) electrons. The van der Waals surface area contributed by atoms with Crippen molar-refractivity contribution >= 4 is 22.0 Å². The van der Waals surface area contributed by atoms with Gasteiger partial charge in [0.15, 0.2) is 0 Å². The van der Waals surface area contributed by atoms with Crippen molar-refractivity contribution in [1.29, 1.82) is 0 Å². The van der Waals surface area contributed by atoms with Crippen molar-refractivity contribution in [1.82, 2.24) is 9.88 Å². The van der Waals surface area contributed by atoms with Gasteiger partial charge in [-0.25, -0.2) is 4.79 Å². The lowest BCUT2D eigenvalue weighted by molar-refractivity contribution is 0.0260. The van der Waals surface area contributed by atoms with Crippen molar-refractivity contribution < 1.29 is 9.53 Å². The number of rotatable bonds is 2. The number of carbonyl (C=O) groups is 1. The van der Waals surface area contributed by atoms with Gasteiger partial charge < -0.3 is 4.74 Å². The molecular formula is C14H17BrN2O2. The Bertz CT molecular complexity index is 469. The van der Waals surface area contributed by atoms with Crippen molar-refractivity contribution in [2.75, 3.05) is 6.54 Å². The van der Waals surface area contributed by atoms with Gasteiger partial charge in [0.1, 0.15) is 5.60 Å². The van der Waals surface area contributed by atoms with Gasteiger partial charge in [0.25, 0.3) is 0 Å². The zero-order valence-electron chi connectivity index (χ0n) is 10.8. The van der Waals surface area contributed by atoms with Crippen molar-refractivity contribution in [2.24, 2.45) is 0 Å². The highest BCUT2D eigenvalue weighted by molar-refractivity contribution is 9.10. The molecule has 1 aromatic heterocycles. The summed E-state index contributed by atoms with van der Waals surface area (Å²) >= 11 is 3.36. The van der Waals surface area contributed by atoms with Crippen LogP contribution in [0.1, 0.15) is 37.8 Å². The van der Waals surface area contributed by atoms with E-state index in [1.54, 1.807) is 11.1 Å². The maximum Gasteiger partial charge on any atom is 0.410 e. The second-order valence-corrected chi connectivity index (χ2v) is 6.35. The van der Waals surface area contributed by atoms with Crippen LogP contribution in [0.25, 0.3) is 0 Å². The van der Waals surface area contributed by atoms with Gasteiger partial charge in [0.05, 0.1) is 18.8 Å². The molecule has 2 heterocycles. The molecule has 5 heteroatoms. The molecule has 1 aliphatic heterocycles. The molecule has 0 aromatic carbocycles. The molecule has 1 saturated carbocycles. The maximum absolute atomic E-state index is 12.0. The molecular weight excluding hydrogens is 308 g/mol. The summed E-state index contributed by atoms with van der Waals surface area (Å²) < 4.78 is 6.60. The van der Waals surface area contributed by atoms with Crippen LogP contribution >= 0.6 is 15.9 Å². The van der Waals surface area contributed by atoms with Crippen LogP contribution in [-0.4, -0.2) is 28.1 Å². The fourth-order valence-electron chi connectivity index (χ4n) is 2.97. The maximum atomic E-state index is 12.0. The predicted octanol–water partition coefficient (Wildman–Crippen LogP) is 3.50. The van der Waals surface area contributed by atoms with Gasteiger partial charge in [-0.3, -0.25) is 9.88 Å². The van der Waals surface area contributed by atoms with E-state index >= 15 is 0 Å². The van der Waals surface area contributed by atoms with Gasteiger partial charge in [-0.05, 0) is 53.7 Å². The van der Waals surface area contributed by atoms with E-state index in [1.807, 2.05) is 12.1 Å². The lowest BCUT2D eigenvalue weighted by Gasteiger charge is -2.30. The zero-order chi connectivity index (χ0) is 13.3. The van der Waals surface area contributed by atoms with Crippen LogP contribution in [0, 0.1) is 0 Å². The number of aromatic nitrogens is 1. The van der Waals surface area contributed by atoms with E-state index < -0.39 is 0 Å². The van der Waals surface area contributed by atoms with Crippen LogP contribution in [0.3, 0.4) is 0 Å². The molecule has 2 fully saturated rings. The second-order valence-electron chi connectivity index (χ2n) is 5.44. The molecule has 2 aliphatic rings. The van der Waals surface area contributed by atoms with Crippen LogP contribution in [0.15, 0.2) is 22.8 Å². The average molecular weight is 325 g/mol. The van der Waals surface area contributed by atoms with Gasteiger partial charge in [-0.1, -0.05) is 6.42 Å². The van der Waals surface area contributed by atoms with Crippen LogP contribution < -0.4 is 0 Å². The first-order valence-electron chi connectivity index (χ1n) is 6.75. The summed E-state index contributed by atoms with van der Waals surface area (Å²) in [4.78, 5) is 18.1. The third kappa shape index (κ3) is 2.76. The van der Waals surface area contributed by atoms with Crippen molar-refractivity contribution in [2.45, 2.75) is 44.2 Å². The fourth-order valence-corrected chi connectivity index (χ4v) is 3.20. The quantitative estimate of drug-likeness (QED) is 0.836. The first-order valence-corrected chi connectivity index (χ1v) is 7.55. The summed E-state index contributed by atoms with van der Waals surface area (Å²) in [6.07, 6.45) is 7.16. The number of halogens is 1. The van der Waals surface area contributed by atoms with Crippen molar-refractivity contribution in [3.8, 4) is 0 Å². The average Bonchev–Trinajstić information content (AvgIpc) is 2.69. The van der Waals surface area contributed by atoms with E-state index in [1.165, 1.54) is 6.42 Å². The number of nitrogens with zero attached hydrogens (tertiary/aromatic N) is 2.